The zero-order valence-electron chi connectivity index (χ0n) is 7.25. The van der Waals surface area contributed by atoms with E-state index >= 15 is 0 Å². The summed E-state index contributed by atoms with van der Waals surface area (Å²) in [5.41, 5.74) is 0. The lowest BCUT2D eigenvalue weighted by atomic mass is 10.4. The van der Waals surface area contributed by atoms with Crippen molar-refractivity contribution in [3.8, 4) is 0 Å². The molecule has 0 radical (unpaired) electrons. The molecule has 68 valence electrons. The third kappa shape index (κ3) is 4.57. The minimum absolute atomic E-state index is 0.422. The minimum Gasteiger partial charge on any atom is -0.370 e. The highest BCUT2D eigenvalue weighted by atomic mass is 31.2. The normalized spacial score (nSPS) is 16.3. The maximum atomic E-state index is 11.6. The molecule has 0 fully saturated rings. The molecular weight excluding hydrogens is 163 g/mol. The van der Waals surface area contributed by atoms with E-state index in [0.29, 0.717) is 12.3 Å². The van der Waals surface area contributed by atoms with E-state index < -0.39 is 14.2 Å². The molecule has 0 saturated carbocycles. The predicted octanol–water partition coefficient (Wildman–Crippen LogP) is 2.05. The lowest BCUT2D eigenvalue weighted by molar-refractivity contribution is 0.101. The van der Waals surface area contributed by atoms with Gasteiger partial charge in [-0.3, -0.25) is 4.57 Å². The van der Waals surface area contributed by atoms with Gasteiger partial charge in [-0.1, -0.05) is 20.3 Å². The van der Waals surface area contributed by atoms with Gasteiger partial charge in [-0.15, -0.1) is 0 Å². The second kappa shape index (κ2) is 5.76. The Morgan fingerprint density at radius 2 is 2.09 bits per heavy atom. The molecule has 0 aliphatic carbocycles. The monoisotopic (exact) mass is 180 g/mol. The Balaban J connectivity index is 3.79. The third-order valence-electron chi connectivity index (χ3n) is 1.63. The SMILES string of the molecule is CCCCP(=O)(CC)OCO. The van der Waals surface area contributed by atoms with Gasteiger partial charge >= 0.3 is 0 Å². The van der Waals surface area contributed by atoms with Gasteiger partial charge in [0.25, 0.3) is 0 Å². The summed E-state index contributed by atoms with van der Waals surface area (Å²) in [7, 11) is -2.47. The zero-order valence-corrected chi connectivity index (χ0v) is 8.14. The predicted molar refractivity (Wildman–Crippen MR) is 46.1 cm³/mol. The van der Waals surface area contributed by atoms with Crippen LogP contribution in [0.1, 0.15) is 26.7 Å². The van der Waals surface area contributed by atoms with Gasteiger partial charge in [0.15, 0.2) is 6.79 Å². The minimum atomic E-state index is -2.47. The van der Waals surface area contributed by atoms with E-state index in [4.69, 9.17) is 9.63 Å². The van der Waals surface area contributed by atoms with Gasteiger partial charge < -0.3 is 9.63 Å². The average molecular weight is 180 g/mol. The fraction of sp³-hybridized carbons (Fsp3) is 1.00. The molecule has 0 aromatic rings. The van der Waals surface area contributed by atoms with Crippen molar-refractivity contribution in [2.75, 3.05) is 19.1 Å². The Bertz CT molecular complexity index is 136. The van der Waals surface area contributed by atoms with E-state index in [1.807, 2.05) is 13.8 Å². The molecule has 0 aromatic carbocycles. The summed E-state index contributed by atoms with van der Waals surface area (Å²) in [5.74, 6) is 0. The molecule has 0 aliphatic rings. The summed E-state index contributed by atoms with van der Waals surface area (Å²) in [6.45, 7) is 3.44. The molecule has 11 heavy (non-hydrogen) atoms. The first-order chi connectivity index (χ1) is 5.18. The second-order valence-electron chi connectivity index (χ2n) is 2.47. The van der Waals surface area contributed by atoms with E-state index in [1.54, 1.807) is 0 Å². The van der Waals surface area contributed by atoms with Crippen LogP contribution in [-0.4, -0.2) is 24.2 Å². The zero-order chi connectivity index (χ0) is 8.74. The Morgan fingerprint density at radius 1 is 1.45 bits per heavy atom. The molecule has 1 unspecified atom stereocenters. The van der Waals surface area contributed by atoms with Crippen molar-refractivity contribution in [2.45, 2.75) is 26.7 Å². The molecule has 0 spiro atoms. The van der Waals surface area contributed by atoms with Gasteiger partial charge in [0, 0.05) is 12.3 Å². The molecular formula is C7H17O3P. The summed E-state index contributed by atoms with van der Waals surface area (Å²) in [4.78, 5) is 0. The van der Waals surface area contributed by atoms with Gasteiger partial charge in [-0.2, -0.15) is 0 Å². The van der Waals surface area contributed by atoms with E-state index in [0.717, 1.165) is 12.8 Å². The van der Waals surface area contributed by atoms with Crippen molar-refractivity contribution in [2.24, 2.45) is 0 Å². The highest BCUT2D eigenvalue weighted by Crippen LogP contribution is 2.46. The van der Waals surface area contributed by atoms with Crippen LogP contribution >= 0.6 is 7.37 Å². The van der Waals surface area contributed by atoms with Crippen LogP contribution in [0.2, 0.25) is 0 Å². The smallest absolute Gasteiger partial charge is 0.204 e. The van der Waals surface area contributed by atoms with Crippen LogP contribution in [0.25, 0.3) is 0 Å². The van der Waals surface area contributed by atoms with Crippen molar-refractivity contribution in [3.63, 3.8) is 0 Å². The third-order valence-corrected chi connectivity index (χ3v) is 4.17. The molecule has 0 rings (SSSR count). The number of hydrogen-bond donors (Lipinski definition) is 1. The fourth-order valence-electron chi connectivity index (χ4n) is 0.818. The number of aliphatic hydroxyl groups excluding tert-OH is 1. The first-order valence-corrected chi connectivity index (χ1v) is 6.01. The second-order valence-corrected chi connectivity index (χ2v) is 5.43. The Morgan fingerprint density at radius 3 is 2.45 bits per heavy atom. The molecule has 1 N–H and O–H groups in total. The Hall–Kier alpha value is 0.150. The van der Waals surface area contributed by atoms with Gasteiger partial charge in [0.2, 0.25) is 7.37 Å². The number of rotatable bonds is 6. The van der Waals surface area contributed by atoms with Gasteiger partial charge in [0.1, 0.15) is 0 Å². The van der Waals surface area contributed by atoms with Crippen LogP contribution in [0.15, 0.2) is 0 Å². The summed E-state index contributed by atoms with van der Waals surface area (Å²) >= 11 is 0. The number of unbranched alkanes of at least 4 members (excludes halogenated alkanes) is 1. The summed E-state index contributed by atoms with van der Waals surface area (Å²) < 4.78 is 16.4. The lowest BCUT2D eigenvalue weighted by Crippen LogP contribution is -1.98. The van der Waals surface area contributed by atoms with Crippen molar-refractivity contribution in [1.82, 2.24) is 0 Å². The van der Waals surface area contributed by atoms with E-state index in [-0.39, 0.29) is 0 Å². The summed E-state index contributed by atoms with van der Waals surface area (Å²) in [6.07, 6.45) is 3.04. The number of aliphatic hydroxyl groups is 1. The molecule has 0 heterocycles. The topological polar surface area (TPSA) is 46.5 Å². The van der Waals surface area contributed by atoms with Gasteiger partial charge in [0.05, 0.1) is 0 Å². The average Bonchev–Trinajstić information content (AvgIpc) is 2.02. The number of hydrogen-bond acceptors (Lipinski definition) is 3. The molecule has 1 atom stereocenters. The summed E-state index contributed by atoms with van der Waals surface area (Å²) in [6, 6.07) is 0. The van der Waals surface area contributed by atoms with Crippen molar-refractivity contribution >= 4 is 7.37 Å². The largest absolute Gasteiger partial charge is 0.370 e. The van der Waals surface area contributed by atoms with E-state index in [1.165, 1.54) is 0 Å². The summed E-state index contributed by atoms with van der Waals surface area (Å²) in [5, 5.41) is 8.44. The standard InChI is InChI=1S/C7H17O3P/c1-3-5-6-11(9,4-2)10-7-8/h8H,3-7H2,1-2H3. The molecule has 3 nitrogen and oxygen atoms in total. The van der Waals surface area contributed by atoms with Crippen molar-refractivity contribution < 1.29 is 14.2 Å². The van der Waals surface area contributed by atoms with Gasteiger partial charge in [-0.25, -0.2) is 0 Å². The molecule has 0 bridgehead atoms. The van der Waals surface area contributed by atoms with Gasteiger partial charge in [-0.05, 0) is 6.42 Å². The van der Waals surface area contributed by atoms with Crippen LogP contribution in [0, 0.1) is 0 Å². The lowest BCUT2D eigenvalue weighted by Gasteiger charge is -2.14. The van der Waals surface area contributed by atoms with Crippen molar-refractivity contribution in [1.29, 1.82) is 0 Å². The first kappa shape index (κ1) is 11.2. The quantitative estimate of drug-likeness (QED) is 0.502. The molecule has 0 aliphatic heterocycles. The van der Waals surface area contributed by atoms with Crippen LogP contribution in [-0.2, 0) is 9.09 Å². The molecule has 0 aromatic heterocycles. The molecule has 0 saturated heterocycles. The maximum absolute atomic E-state index is 11.6. The highest BCUT2D eigenvalue weighted by molar-refractivity contribution is 7.58. The fourth-order valence-corrected chi connectivity index (χ4v) is 2.45. The van der Waals surface area contributed by atoms with Crippen molar-refractivity contribution in [3.05, 3.63) is 0 Å². The van der Waals surface area contributed by atoms with Crippen LogP contribution in [0.5, 0.6) is 0 Å². The molecule has 4 heteroatoms. The van der Waals surface area contributed by atoms with E-state index in [2.05, 4.69) is 0 Å². The van der Waals surface area contributed by atoms with Crippen LogP contribution in [0.3, 0.4) is 0 Å². The Kier molecular flexibility index (Phi) is 5.83. The van der Waals surface area contributed by atoms with Crippen LogP contribution in [0.4, 0.5) is 0 Å². The highest BCUT2D eigenvalue weighted by Gasteiger charge is 2.18. The van der Waals surface area contributed by atoms with E-state index in [9.17, 15) is 4.57 Å². The molecule has 0 amide bonds. The first-order valence-electron chi connectivity index (χ1n) is 4.02. The Labute approximate surface area is 68.2 Å². The van der Waals surface area contributed by atoms with Crippen LogP contribution < -0.4 is 0 Å². The maximum Gasteiger partial charge on any atom is 0.204 e.